The summed E-state index contributed by atoms with van der Waals surface area (Å²) >= 11 is 3.56. The molecule has 0 fully saturated rings. The Morgan fingerprint density at radius 3 is 2.81 bits per heavy atom. The number of aliphatic imine (C=N–C) groups is 1. The van der Waals surface area contributed by atoms with Crippen LogP contribution in [0.4, 0.5) is 5.69 Å². The van der Waals surface area contributed by atoms with Gasteiger partial charge in [-0.05, 0) is 41.4 Å². The second-order valence-electron chi connectivity index (χ2n) is 4.31. The molecular formula is C12H16BrN3. The molecule has 4 heteroatoms. The van der Waals surface area contributed by atoms with Gasteiger partial charge in [0.15, 0.2) is 5.96 Å². The van der Waals surface area contributed by atoms with Crippen LogP contribution in [0.15, 0.2) is 33.7 Å². The van der Waals surface area contributed by atoms with Crippen molar-refractivity contribution in [3.63, 3.8) is 0 Å². The van der Waals surface area contributed by atoms with Crippen molar-refractivity contribution >= 4 is 27.6 Å². The van der Waals surface area contributed by atoms with Crippen LogP contribution in [0.5, 0.6) is 0 Å². The van der Waals surface area contributed by atoms with Crippen LogP contribution in [0.3, 0.4) is 0 Å². The minimum absolute atomic E-state index is 0.00600. The van der Waals surface area contributed by atoms with Crippen LogP contribution in [-0.2, 0) is 0 Å². The molecule has 0 radical (unpaired) electrons. The standard InChI is InChI=1S/C12H16BrN3/c1-3-12(2)8-15-11(14)16(12)10-7-5-4-6-9(10)13/h4-7H,3,8H2,1-2H3,(H2,14,15). The molecule has 1 aliphatic rings. The Labute approximate surface area is 104 Å². The van der Waals surface area contributed by atoms with Gasteiger partial charge in [-0.2, -0.15) is 0 Å². The van der Waals surface area contributed by atoms with Crippen molar-refractivity contribution in [2.45, 2.75) is 25.8 Å². The predicted octanol–water partition coefficient (Wildman–Crippen LogP) is 2.75. The molecule has 1 aromatic carbocycles. The van der Waals surface area contributed by atoms with Crippen LogP contribution in [0.25, 0.3) is 0 Å². The van der Waals surface area contributed by atoms with Gasteiger partial charge in [0.25, 0.3) is 0 Å². The molecule has 0 amide bonds. The average molecular weight is 282 g/mol. The van der Waals surface area contributed by atoms with Crippen molar-refractivity contribution in [3.8, 4) is 0 Å². The maximum Gasteiger partial charge on any atom is 0.196 e. The highest BCUT2D eigenvalue weighted by atomic mass is 79.9. The van der Waals surface area contributed by atoms with E-state index in [1.807, 2.05) is 18.2 Å². The van der Waals surface area contributed by atoms with Crippen molar-refractivity contribution in [2.75, 3.05) is 11.4 Å². The molecule has 1 aromatic rings. The van der Waals surface area contributed by atoms with Crippen molar-refractivity contribution in [1.29, 1.82) is 0 Å². The quantitative estimate of drug-likeness (QED) is 0.906. The van der Waals surface area contributed by atoms with Gasteiger partial charge in [0, 0.05) is 4.47 Å². The molecule has 0 saturated carbocycles. The van der Waals surface area contributed by atoms with Gasteiger partial charge in [-0.25, -0.2) is 0 Å². The first kappa shape index (κ1) is 11.5. The zero-order valence-corrected chi connectivity index (χ0v) is 11.2. The van der Waals surface area contributed by atoms with Crippen molar-refractivity contribution < 1.29 is 0 Å². The van der Waals surface area contributed by atoms with E-state index in [1.165, 1.54) is 0 Å². The Kier molecular flexibility index (Phi) is 2.93. The molecule has 3 nitrogen and oxygen atoms in total. The summed E-state index contributed by atoms with van der Waals surface area (Å²) in [6.45, 7) is 5.12. The van der Waals surface area contributed by atoms with Crippen LogP contribution in [0.1, 0.15) is 20.3 Å². The first-order valence-corrected chi connectivity index (χ1v) is 6.22. The molecule has 2 N–H and O–H groups in total. The monoisotopic (exact) mass is 281 g/mol. The second-order valence-corrected chi connectivity index (χ2v) is 5.17. The third-order valence-corrected chi connectivity index (χ3v) is 3.88. The number of para-hydroxylation sites is 1. The largest absolute Gasteiger partial charge is 0.369 e. The van der Waals surface area contributed by atoms with Gasteiger partial charge in [0.05, 0.1) is 17.8 Å². The predicted molar refractivity (Wildman–Crippen MR) is 71.8 cm³/mol. The average Bonchev–Trinajstić information content (AvgIpc) is 2.57. The number of nitrogens with two attached hydrogens (primary N) is 1. The van der Waals surface area contributed by atoms with Crippen LogP contribution in [-0.4, -0.2) is 18.0 Å². The molecule has 1 aliphatic heterocycles. The molecule has 1 atom stereocenters. The van der Waals surface area contributed by atoms with E-state index in [4.69, 9.17) is 5.73 Å². The van der Waals surface area contributed by atoms with Gasteiger partial charge in [0.2, 0.25) is 0 Å². The normalized spacial score (nSPS) is 24.7. The van der Waals surface area contributed by atoms with E-state index in [1.54, 1.807) is 0 Å². The fraction of sp³-hybridized carbons (Fsp3) is 0.417. The second kappa shape index (κ2) is 4.09. The summed E-state index contributed by atoms with van der Waals surface area (Å²) in [5.41, 5.74) is 7.07. The van der Waals surface area contributed by atoms with Crippen LogP contribution in [0, 0.1) is 0 Å². The molecule has 0 aliphatic carbocycles. The summed E-state index contributed by atoms with van der Waals surface area (Å²) in [6, 6.07) is 8.10. The van der Waals surface area contributed by atoms with E-state index >= 15 is 0 Å². The number of hydrogen-bond donors (Lipinski definition) is 1. The van der Waals surface area contributed by atoms with Crippen LogP contribution in [0.2, 0.25) is 0 Å². The van der Waals surface area contributed by atoms with Crippen molar-refractivity contribution in [2.24, 2.45) is 10.7 Å². The highest BCUT2D eigenvalue weighted by molar-refractivity contribution is 9.10. The Morgan fingerprint density at radius 1 is 1.50 bits per heavy atom. The van der Waals surface area contributed by atoms with Crippen molar-refractivity contribution in [3.05, 3.63) is 28.7 Å². The third-order valence-electron chi connectivity index (χ3n) is 3.21. The highest BCUT2D eigenvalue weighted by Gasteiger charge is 2.37. The number of hydrogen-bond acceptors (Lipinski definition) is 3. The lowest BCUT2D eigenvalue weighted by molar-refractivity contribution is 0.485. The Hall–Kier alpha value is -1.03. The minimum atomic E-state index is -0.00600. The molecule has 0 spiro atoms. The fourth-order valence-corrected chi connectivity index (χ4v) is 2.45. The number of anilines is 1. The molecule has 0 bridgehead atoms. The lowest BCUT2D eigenvalue weighted by atomic mass is 9.97. The number of rotatable bonds is 2. The summed E-state index contributed by atoms with van der Waals surface area (Å²) < 4.78 is 1.05. The zero-order valence-electron chi connectivity index (χ0n) is 9.57. The number of guanidine groups is 1. The summed E-state index contributed by atoms with van der Waals surface area (Å²) in [7, 11) is 0. The van der Waals surface area contributed by atoms with E-state index in [-0.39, 0.29) is 5.54 Å². The Morgan fingerprint density at radius 2 is 2.19 bits per heavy atom. The van der Waals surface area contributed by atoms with Gasteiger partial charge < -0.3 is 10.6 Å². The molecule has 1 heterocycles. The van der Waals surface area contributed by atoms with E-state index < -0.39 is 0 Å². The first-order chi connectivity index (χ1) is 7.58. The Balaban J connectivity index is 2.46. The van der Waals surface area contributed by atoms with Crippen LogP contribution >= 0.6 is 15.9 Å². The summed E-state index contributed by atoms with van der Waals surface area (Å²) in [5, 5.41) is 0. The lowest BCUT2D eigenvalue weighted by Crippen LogP contribution is -2.49. The maximum absolute atomic E-state index is 5.99. The van der Waals surface area contributed by atoms with E-state index in [2.05, 4.69) is 45.7 Å². The Bertz CT molecular complexity index is 430. The number of benzene rings is 1. The topological polar surface area (TPSA) is 41.6 Å². The van der Waals surface area contributed by atoms with E-state index in [0.29, 0.717) is 5.96 Å². The van der Waals surface area contributed by atoms with Gasteiger partial charge in [0.1, 0.15) is 0 Å². The van der Waals surface area contributed by atoms with Crippen molar-refractivity contribution in [1.82, 2.24) is 0 Å². The molecule has 16 heavy (non-hydrogen) atoms. The minimum Gasteiger partial charge on any atom is -0.369 e. The van der Waals surface area contributed by atoms with Gasteiger partial charge in [-0.3, -0.25) is 4.99 Å². The first-order valence-electron chi connectivity index (χ1n) is 5.43. The smallest absolute Gasteiger partial charge is 0.196 e. The van der Waals surface area contributed by atoms with Crippen LogP contribution < -0.4 is 10.6 Å². The number of nitrogens with zero attached hydrogens (tertiary/aromatic N) is 2. The molecule has 1 unspecified atom stereocenters. The van der Waals surface area contributed by atoms with Gasteiger partial charge in [-0.15, -0.1) is 0 Å². The maximum atomic E-state index is 5.99. The number of halogens is 1. The lowest BCUT2D eigenvalue weighted by Gasteiger charge is -2.35. The highest BCUT2D eigenvalue weighted by Crippen LogP contribution is 2.35. The molecular weight excluding hydrogens is 266 g/mol. The summed E-state index contributed by atoms with van der Waals surface area (Å²) in [6.07, 6.45) is 1.01. The molecule has 2 rings (SSSR count). The van der Waals surface area contributed by atoms with E-state index in [0.717, 1.165) is 23.1 Å². The molecule has 86 valence electrons. The van der Waals surface area contributed by atoms with E-state index in [9.17, 15) is 0 Å². The summed E-state index contributed by atoms with van der Waals surface area (Å²) in [4.78, 5) is 6.48. The molecule has 0 aromatic heterocycles. The zero-order chi connectivity index (χ0) is 11.8. The third kappa shape index (κ3) is 1.71. The fourth-order valence-electron chi connectivity index (χ4n) is 1.99. The van der Waals surface area contributed by atoms with Gasteiger partial charge in [-0.1, -0.05) is 19.1 Å². The molecule has 0 saturated heterocycles. The van der Waals surface area contributed by atoms with Gasteiger partial charge >= 0.3 is 0 Å². The SMILES string of the molecule is CCC1(C)CN=C(N)N1c1ccccc1Br. The summed E-state index contributed by atoms with van der Waals surface area (Å²) in [5.74, 6) is 0.608.